The first kappa shape index (κ1) is 18.0. The zero-order valence-electron chi connectivity index (χ0n) is 13.3. The Bertz CT molecular complexity index is 889. The van der Waals surface area contributed by atoms with Gasteiger partial charge in [0.2, 0.25) is 0 Å². The summed E-state index contributed by atoms with van der Waals surface area (Å²) in [5.74, 6) is 0. The quantitative estimate of drug-likeness (QED) is 0.302. The molecule has 0 aliphatic rings. The molecule has 3 rings (SSSR count). The summed E-state index contributed by atoms with van der Waals surface area (Å²) in [6.45, 7) is 0. The topological polar surface area (TPSA) is 12.4 Å². The van der Waals surface area contributed by atoms with Crippen LogP contribution in [0.15, 0.2) is 105 Å². The Hall–Kier alpha value is -1.81. The maximum atomic E-state index is 6.01. The monoisotopic (exact) mass is 427 g/mol. The third-order valence-electron chi connectivity index (χ3n) is 3.40. The highest BCUT2D eigenvalue weighted by atomic mass is 79.9. The van der Waals surface area contributed by atoms with Crippen LogP contribution in [-0.4, -0.2) is 5.71 Å². The van der Waals surface area contributed by atoms with Crippen molar-refractivity contribution in [2.24, 2.45) is 4.99 Å². The molecule has 0 saturated heterocycles. The highest BCUT2D eigenvalue weighted by molar-refractivity contribution is 9.10. The van der Waals surface area contributed by atoms with Crippen molar-refractivity contribution < 1.29 is 0 Å². The first-order chi connectivity index (χ1) is 12.2. The number of para-hydroxylation sites is 1. The molecule has 0 aromatic heterocycles. The van der Waals surface area contributed by atoms with Gasteiger partial charge in [0, 0.05) is 20.0 Å². The number of aliphatic imine (C=N–C) groups is 1. The average Bonchev–Trinajstić information content (AvgIpc) is 2.64. The molecular weight excluding hydrogens is 414 g/mol. The molecule has 0 aliphatic carbocycles. The van der Waals surface area contributed by atoms with Crippen molar-refractivity contribution in [1.29, 1.82) is 0 Å². The van der Waals surface area contributed by atoms with E-state index in [0.717, 1.165) is 31.4 Å². The minimum absolute atomic E-state index is 0.717. The van der Waals surface area contributed by atoms with E-state index in [9.17, 15) is 0 Å². The van der Waals surface area contributed by atoms with Gasteiger partial charge in [0.25, 0.3) is 0 Å². The zero-order valence-corrected chi connectivity index (χ0v) is 16.4. The normalized spacial score (nSPS) is 11.8. The lowest BCUT2D eigenvalue weighted by molar-refractivity contribution is 1.42. The summed E-state index contributed by atoms with van der Waals surface area (Å²) in [5.41, 5.74) is 2.84. The molecule has 0 fully saturated rings. The van der Waals surface area contributed by atoms with Crippen LogP contribution >= 0.6 is 39.3 Å². The smallest absolute Gasteiger partial charge is 0.0714 e. The molecule has 0 amide bonds. The molecule has 0 saturated carbocycles. The molecule has 0 unspecified atom stereocenters. The van der Waals surface area contributed by atoms with E-state index in [1.165, 1.54) is 0 Å². The van der Waals surface area contributed by atoms with Gasteiger partial charge in [-0.3, -0.25) is 0 Å². The Labute approximate surface area is 165 Å². The van der Waals surface area contributed by atoms with E-state index in [4.69, 9.17) is 16.6 Å². The van der Waals surface area contributed by atoms with Crippen LogP contribution in [0, 0.1) is 0 Å². The molecule has 0 atom stereocenters. The molecule has 0 aliphatic heterocycles. The van der Waals surface area contributed by atoms with Gasteiger partial charge in [-0.1, -0.05) is 65.8 Å². The maximum absolute atomic E-state index is 6.01. The molecule has 0 radical (unpaired) electrons. The summed E-state index contributed by atoms with van der Waals surface area (Å²) in [5, 5.41) is 2.77. The molecule has 124 valence electrons. The van der Waals surface area contributed by atoms with E-state index in [1.807, 2.05) is 78.9 Å². The van der Waals surface area contributed by atoms with Gasteiger partial charge in [-0.15, -0.1) is 0 Å². The minimum Gasteiger partial charge on any atom is -0.248 e. The molecule has 1 nitrogen and oxygen atoms in total. The van der Waals surface area contributed by atoms with E-state index in [-0.39, 0.29) is 0 Å². The van der Waals surface area contributed by atoms with Gasteiger partial charge in [-0.2, -0.15) is 0 Å². The van der Waals surface area contributed by atoms with Crippen LogP contribution in [-0.2, 0) is 0 Å². The van der Waals surface area contributed by atoms with Crippen molar-refractivity contribution in [1.82, 2.24) is 0 Å². The van der Waals surface area contributed by atoms with Crippen LogP contribution in [0.2, 0.25) is 5.02 Å². The van der Waals surface area contributed by atoms with Crippen LogP contribution < -0.4 is 0 Å². The van der Waals surface area contributed by atoms with E-state index in [0.29, 0.717) is 0 Å². The van der Waals surface area contributed by atoms with Gasteiger partial charge in [-0.25, -0.2) is 4.99 Å². The molecular formula is C21H15BrClNS. The zero-order chi connectivity index (χ0) is 17.5. The van der Waals surface area contributed by atoms with Crippen molar-refractivity contribution >= 4 is 50.7 Å². The maximum Gasteiger partial charge on any atom is 0.0714 e. The van der Waals surface area contributed by atoms with E-state index in [2.05, 4.69) is 27.4 Å². The van der Waals surface area contributed by atoms with Crippen LogP contribution in [0.3, 0.4) is 0 Å². The molecule has 3 aromatic rings. The van der Waals surface area contributed by atoms with Crippen molar-refractivity contribution in [2.45, 2.75) is 4.90 Å². The SMILES string of the molecule is Clc1ccc(C(/C=C/Sc2ccccc2Br)=Nc2ccccc2)cc1. The van der Waals surface area contributed by atoms with Crippen molar-refractivity contribution in [3.05, 3.63) is 105 Å². The fraction of sp³-hybridized carbons (Fsp3) is 0. The Balaban J connectivity index is 1.88. The van der Waals surface area contributed by atoms with Gasteiger partial charge < -0.3 is 0 Å². The second kappa shape index (κ2) is 9.04. The van der Waals surface area contributed by atoms with Gasteiger partial charge in [0.1, 0.15) is 0 Å². The summed E-state index contributed by atoms with van der Waals surface area (Å²) in [6.07, 6.45) is 2.03. The van der Waals surface area contributed by atoms with Crippen LogP contribution in [0.5, 0.6) is 0 Å². The third kappa shape index (κ3) is 5.33. The molecule has 0 N–H and O–H groups in total. The van der Waals surface area contributed by atoms with E-state index < -0.39 is 0 Å². The Morgan fingerprint density at radius 1 is 0.880 bits per heavy atom. The molecule has 25 heavy (non-hydrogen) atoms. The lowest BCUT2D eigenvalue weighted by Crippen LogP contribution is -1.95. The van der Waals surface area contributed by atoms with Gasteiger partial charge >= 0.3 is 0 Å². The Kier molecular flexibility index (Phi) is 6.51. The molecule has 4 heteroatoms. The summed E-state index contributed by atoms with van der Waals surface area (Å²) in [4.78, 5) is 5.93. The molecule has 0 heterocycles. The van der Waals surface area contributed by atoms with Crippen molar-refractivity contribution in [2.75, 3.05) is 0 Å². The van der Waals surface area contributed by atoms with Crippen LogP contribution in [0.4, 0.5) is 5.69 Å². The first-order valence-corrected chi connectivity index (χ1v) is 9.75. The van der Waals surface area contributed by atoms with Gasteiger partial charge in [0.15, 0.2) is 0 Å². The fourth-order valence-corrected chi connectivity index (χ4v) is 3.54. The van der Waals surface area contributed by atoms with Crippen molar-refractivity contribution in [3.63, 3.8) is 0 Å². The third-order valence-corrected chi connectivity index (χ3v) is 5.49. The predicted octanol–water partition coefficient (Wildman–Crippen LogP) is 7.53. The minimum atomic E-state index is 0.717. The number of benzene rings is 3. The summed E-state index contributed by atoms with van der Waals surface area (Å²) >= 11 is 11.2. The van der Waals surface area contributed by atoms with Crippen molar-refractivity contribution in [3.8, 4) is 0 Å². The lowest BCUT2D eigenvalue weighted by atomic mass is 10.1. The molecule has 0 bridgehead atoms. The van der Waals surface area contributed by atoms with Gasteiger partial charge in [-0.05, 0) is 63.8 Å². The summed E-state index contributed by atoms with van der Waals surface area (Å²) < 4.78 is 1.08. The number of hydrogen-bond donors (Lipinski definition) is 0. The second-order valence-corrected chi connectivity index (χ2v) is 7.43. The summed E-state index contributed by atoms with van der Waals surface area (Å²) in [6, 6.07) is 25.8. The summed E-state index contributed by atoms with van der Waals surface area (Å²) in [7, 11) is 0. The number of hydrogen-bond acceptors (Lipinski definition) is 2. The fourth-order valence-electron chi connectivity index (χ4n) is 2.17. The second-order valence-electron chi connectivity index (χ2n) is 5.19. The highest BCUT2D eigenvalue weighted by Gasteiger charge is 2.02. The molecule has 3 aromatic carbocycles. The number of rotatable bonds is 5. The number of nitrogens with zero attached hydrogens (tertiary/aromatic N) is 1. The lowest BCUT2D eigenvalue weighted by Gasteiger charge is -2.04. The standard InChI is InChI=1S/C21H15BrClNS/c22-19-8-4-5-9-21(19)25-15-14-20(16-10-12-17(23)13-11-16)24-18-6-2-1-3-7-18/h1-15H/b15-14+,24-20?. The highest BCUT2D eigenvalue weighted by Crippen LogP contribution is 2.28. The Morgan fingerprint density at radius 3 is 2.28 bits per heavy atom. The first-order valence-electron chi connectivity index (χ1n) is 7.70. The average molecular weight is 429 g/mol. The van der Waals surface area contributed by atoms with Gasteiger partial charge in [0.05, 0.1) is 11.4 Å². The number of halogens is 2. The predicted molar refractivity (Wildman–Crippen MR) is 113 cm³/mol. The van der Waals surface area contributed by atoms with E-state index in [1.54, 1.807) is 11.8 Å². The molecule has 0 spiro atoms. The Morgan fingerprint density at radius 2 is 1.56 bits per heavy atom. The van der Waals surface area contributed by atoms with Crippen LogP contribution in [0.25, 0.3) is 0 Å². The number of thioether (sulfide) groups is 1. The number of allylic oxidation sites excluding steroid dienone is 1. The van der Waals surface area contributed by atoms with Crippen LogP contribution in [0.1, 0.15) is 5.56 Å². The largest absolute Gasteiger partial charge is 0.248 e. The van der Waals surface area contributed by atoms with E-state index >= 15 is 0 Å².